The largest absolute Gasteiger partial charge is 0.473 e. The molecular formula is C23H22Cl2N2O5. The van der Waals surface area contributed by atoms with E-state index in [1.807, 2.05) is 68.4 Å². The topological polar surface area (TPSA) is 109 Å². The fraction of sp³-hybridized carbons (Fsp3) is 0.174. The second-order valence-electron chi connectivity index (χ2n) is 6.86. The predicted octanol–water partition coefficient (Wildman–Crippen LogP) is 4.53. The molecule has 168 valence electrons. The molecule has 0 aliphatic carbocycles. The van der Waals surface area contributed by atoms with E-state index < -0.39 is 11.9 Å². The molecule has 0 fully saturated rings. The first-order chi connectivity index (χ1) is 15.1. The maximum absolute atomic E-state index is 12.6. The number of halogens is 2. The van der Waals surface area contributed by atoms with Crippen molar-refractivity contribution in [3.63, 3.8) is 0 Å². The fourth-order valence-electron chi connectivity index (χ4n) is 3.05. The van der Waals surface area contributed by atoms with Crippen LogP contribution in [0.25, 0.3) is 5.69 Å². The van der Waals surface area contributed by atoms with Crippen molar-refractivity contribution in [3.05, 3.63) is 87.2 Å². The van der Waals surface area contributed by atoms with Crippen LogP contribution in [-0.2, 0) is 16.1 Å². The first-order valence-corrected chi connectivity index (χ1v) is 10.2. The number of aliphatic carboxylic acids is 2. The maximum atomic E-state index is 12.6. The van der Waals surface area contributed by atoms with Crippen LogP contribution in [0.3, 0.4) is 0 Å². The van der Waals surface area contributed by atoms with Crippen molar-refractivity contribution in [1.29, 1.82) is 0 Å². The number of ketones is 1. The Hall–Kier alpha value is -3.13. The van der Waals surface area contributed by atoms with E-state index in [1.165, 1.54) is 0 Å². The number of carbonyl (C=O) groups excluding carboxylic acids is 1. The van der Waals surface area contributed by atoms with Crippen LogP contribution >= 0.6 is 23.2 Å². The van der Waals surface area contributed by atoms with E-state index in [1.54, 1.807) is 0 Å². The molecule has 0 amide bonds. The van der Waals surface area contributed by atoms with E-state index in [0.29, 0.717) is 16.6 Å². The Labute approximate surface area is 195 Å². The number of Topliss-reactive ketones (excluding diaryl/α,β-unsaturated/α-hetero) is 1. The third-order valence-electron chi connectivity index (χ3n) is 4.53. The van der Waals surface area contributed by atoms with Crippen LogP contribution in [0.2, 0.25) is 10.0 Å². The van der Waals surface area contributed by atoms with Gasteiger partial charge in [-0.05, 0) is 61.9 Å². The Morgan fingerprint density at radius 2 is 1.38 bits per heavy atom. The highest BCUT2D eigenvalue weighted by Crippen LogP contribution is 2.22. The Bertz CT molecular complexity index is 1090. The van der Waals surface area contributed by atoms with Crippen LogP contribution in [-0.4, -0.2) is 39.0 Å². The highest BCUT2D eigenvalue weighted by Gasteiger charge is 2.16. The second-order valence-corrected chi connectivity index (χ2v) is 7.73. The number of carboxylic acid groups (broad SMARTS) is 2. The van der Waals surface area contributed by atoms with E-state index in [-0.39, 0.29) is 12.3 Å². The van der Waals surface area contributed by atoms with E-state index in [4.69, 9.17) is 43.0 Å². The van der Waals surface area contributed by atoms with Crippen molar-refractivity contribution in [2.75, 3.05) is 6.54 Å². The first kappa shape index (κ1) is 25.1. The summed E-state index contributed by atoms with van der Waals surface area (Å²) in [5.74, 6) is -3.57. The molecule has 0 saturated carbocycles. The van der Waals surface area contributed by atoms with Gasteiger partial charge in [-0.2, -0.15) is 0 Å². The van der Waals surface area contributed by atoms with Crippen LogP contribution < -0.4 is 5.32 Å². The number of hydrogen-bond acceptors (Lipinski definition) is 4. The Balaban J connectivity index is 0.000000534. The summed E-state index contributed by atoms with van der Waals surface area (Å²) in [4.78, 5) is 30.8. The summed E-state index contributed by atoms with van der Waals surface area (Å²) in [6.45, 7) is 4.87. The minimum absolute atomic E-state index is 0.0762. The minimum Gasteiger partial charge on any atom is -0.473 e. The molecule has 1 heterocycles. The van der Waals surface area contributed by atoms with E-state index >= 15 is 0 Å². The molecule has 2 aromatic carbocycles. The monoisotopic (exact) mass is 476 g/mol. The van der Waals surface area contributed by atoms with Crippen LogP contribution in [0.15, 0.2) is 54.6 Å². The van der Waals surface area contributed by atoms with E-state index in [2.05, 4.69) is 9.88 Å². The predicted molar refractivity (Wildman–Crippen MR) is 123 cm³/mol. The lowest BCUT2D eigenvalue weighted by Gasteiger charge is -2.10. The quantitative estimate of drug-likeness (QED) is 0.356. The van der Waals surface area contributed by atoms with Gasteiger partial charge in [-0.15, -0.1) is 0 Å². The summed E-state index contributed by atoms with van der Waals surface area (Å²) in [7, 11) is 0. The van der Waals surface area contributed by atoms with Gasteiger partial charge >= 0.3 is 11.9 Å². The van der Waals surface area contributed by atoms with Crippen molar-refractivity contribution in [3.8, 4) is 5.69 Å². The average molecular weight is 477 g/mol. The number of nitrogens with zero attached hydrogens (tertiary/aromatic N) is 1. The standard InChI is InChI=1S/C21H20Cl2N2O.C2H2O4/c1-14-11-20(15(2)25(14)19-9-7-18(23)8-10-19)21(26)13-24-12-16-3-5-17(22)6-4-16;3-1(4)2(5)6/h3-11,24H,12-13H2,1-2H3;(H,3,4)(H,5,6). The lowest BCUT2D eigenvalue weighted by Crippen LogP contribution is -2.23. The summed E-state index contributed by atoms with van der Waals surface area (Å²) >= 11 is 11.9. The lowest BCUT2D eigenvalue weighted by atomic mass is 10.1. The molecule has 0 aliphatic heterocycles. The van der Waals surface area contributed by atoms with Crippen molar-refractivity contribution >= 4 is 40.9 Å². The molecule has 0 atom stereocenters. The smallest absolute Gasteiger partial charge is 0.414 e. The molecular weight excluding hydrogens is 455 g/mol. The summed E-state index contributed by atoms with van der Waals surface area (Å²) in [6.07, 6.45) is 0. The van der Waals surface area contributed by atoms with Crippen LogP contribution in [0.1, 0.15) is 27.3 Å². The molecule has 1 aromatic heterocycles. The third kappa shape index (κ3) is 6.95. The SMILES string of the molecule is Cc1cc(C(=O)CNCc2ccc(Cl)cc2)c(C)n1-c1ccc(Cl)cc1.O=C(O)C(=O)O. The molecule has 0 radical (unpaired) electrons. The first-order valence-electron chi connectivity index (χ1n) is 9.49. The summed E-state index contributed by atoms with van der Waals surface area (Å²) in [5.41, 5.74) is 4.78. The third-order valence-corrected chi connectivity index (χ3v) is 5.03. The zero-order valence-corrected chi connectivity index (χ0v) is 18.9. The van der Waals surface area contributed by atoms with Gasteiger partial charge in [0, 0.05) is 39.2 Å². The average Bonchev–Trinajstić information content (AvgIpc) is 3.04. The van der Waals surface area contributed by atoms with Gasteiger partial charge in [0.15, 0.2) is 5.78 Å². The number of aryl methyl sites for hydroxylation is 1. The molecule has 0 unspecified atom stereocenters. The molecule has 0 spiro atoms. The van der Waals surface area contributed by atoms with Gasteiger partial charge < -0.3 is 20.1 Å². The lowest BCUT2D eigenvalue weighted by molar-refractivity contribution is -0.159. The molecule has 32 heavy (non-hydrogen) atoms. The molecule has 3 N–H and O–H groups in total. The summed E-state index contributed by atoms with van der Waals surface area (Å²) in [5, 5.41) is 19.4. The second kappa shape index (κ2) is 11.5. The zero-order valence-electron chi connectivity index (χ0n) is 17.4. The van der Waals surface area contributed by atoms with Crippen molar-refractivity contribution in [1.82, 2.24) is 9.88 Å². The number of hydrogen-bond donors (Lipinski definition) is 3. The number of nitrogens with one attached hydrogen (secondary N) is 1. The van der Waals surface area contributed by atoms with Gasteiger partial charge in [-0.3, -0.25) is 4.79 Å². The highest BCUT2D eigenvalue weighted by molar-refractivity contribution is 6.30. The maximum Gasteiger partial charge on any atom is 0.414 e. The highest BCUT2D eigenvalue weighted by atomic mass is 35.5. The Kier molecular flexibility index (Phi) is 9.02. The molecule has 0 saturated heterocycles. The summed E-state index contributed by atoms with van der Waals surface area (Å²) < 4.78 is 2.07. The number of aromatic nitrogens is 1. The number of carboxylic acids is 2. The molecule has 9 heteroatoms. The van der Waals surface area contributed by atoms with Gasteiger partial charge in [-0.1, -0.05) is 35.3 Å². The van der Waals surface area contributed by atoms with Crippen LogP contribution in [0.5, 0.6) is 0 Å². The van der Waals surface area contributed by atoms with E-state index in [0.717, 1.165) is 28.2 Å². The van der Waals surface area contributed by atoms with Crippen molar-refractivity contribution in [2.45, 2.75) is 20.4 Å². The molecule has 0 aliphatic rings. The molecule has 0 bridgehead atoms. The van der Waals surface area contributed by atoms with Gasteiger partial charge in [0.2, 0.25) is 0 Å². The van der Waals surface area contributed by atoms with Gasteiger partial charge in [-0.25, -0.2) is 9.59 Å². The number of benzene rings is 2. The Morgan fingerprint density at radius 1 is 0.875 bits per heavy atom. The van der Waals surface area contributed by atoms with Crippen molar-refractivity contribution < 1.29 is 24.6 Å². The minimum atomic E-state index is -1.82. The van der Waals surface area contributed by atoms with Gasteiger partial charge in [0.25, 0.3) is 0 Å². The molecule has 7 nitrogen and oxygen atoms in total. The zero-order chi connectivity index (χ0) is 23.8. The van der Waals surface area contributed by atoms with Gasteiger partial charge in [0.1, 0.15) is 0 Å². The normalized spacial score (nSPS) is 10.2. The molecule has 3 aromatic rings. The Morgan fingerprint density at radius 3 is 1.88 bits per heavy atom. The summed E-state index contributed by atoms with van der Waals surface area (Å²) in [6, 6.07) is 17.1. The molecule has 3 rings (SSSR count). The van der Waals surface area contributed by atoms with Crippen LogP contribution in [0, 0.1) is 13.8 Å². The number of rotatable bonds is 6. The number of carbonyl (C=O) groups is 3. The van der Waals surface area contributed by atoms with Gasteiger partial charge in [0.05, 0.1) is 6.54 Å². The fourth-order valence-corrected chi connectivity index (χ4v) is 3.30. The van der Waals surface area contributed by atoms with Crippen molar-refractivity contribution in [2.24, 2.45) is 0 Å². The van der Waals surface area contributed by atoms with E-state index in [9.17, 15) is 4.79 Å². The van der Waals surface area contributed by atoms with Crippen LogP contribution in [0.4, 0.5) is 0 Å².